The van der Waals surface area contributed by atoms with Gasteiger partial charge >= 0.3 is 6.18 Å². The fourth-order valence-corrected chi connectivity index (χ4v) is 4.62. The van der Waals surface area contributed by atoms with E-state index in [1.807, 2.05) is 0 Å². The summed E-state index contributed by atoms with van der Waals surface area (Å²) in [4.78, 5) is 29.0. The van der Waals surface area contributed by atoms with E-state index in [4.69, 9.17) is 0 Å². The van der Waals surface area contributed by atoms with Gasteiger partial charge in [-0.15, -0.1) is 0 Å². The molecule has 9 heteroatoms. The SMILES string of the molecule is CC(C)(NC(=O)C1CCC1)C(=O)N[C@@H]1CCC[C@H](Nc2cc(C(F)(F)F)nc3ccccc23)C1. The molecular weight excluding hydrogens is 445 g/mol. The molecule has 6 nitrogen and oxygen atoms in total. The van der Waals surface area contributed by atoms with E-state index in [-0.39, 0.29) is 35.3 Å². The second-order valence-electron chi connectivity index (χ2n) is 9.99. The number of hydrogen-bond acceptors (Lipinski definition) is 4. The lowest BCUT2D eigenvalue weighted by molar-refractivity contribution is -0.141. The van der Waals surface area contributed by atoms with Crippen molar-refractivity contribution in [2.24, 2.45) is 5.92 Å². The number of nitrogens with one attached hydrogen (secondary N) is 3. The summed E-state index contributed by atoms with van der Waals surface area (Å²) in [5, 5.41) is 9.81. The number of nitrogens with zero attached hydrogens (tertiary/aromatic N) is 1. The molecule has 0 unspecified atom stereocenters. The number of alkyl halides is 3. The predicted octanol–water partition coefficient (Wildman–Crippen LogP) is 4.79. The lowest BCUT2D eigenvalue weighted by Crippen LogP contribution is -2.58. The Hall–Kier alpha value is -2.84. The highest BCUT2D eigenvalue weighted by atomic mass is 19.4. The highest BCUT2D eigenvalue weighted by Crippen LogP contribution is 2.34. The number of para-hydroxylation sites is 1. The Morgan fingerprint density at radius 3 is 2.35 bits per heavy atom. The zero-order valence-electron chi connectivity index (χ0n) is 19.5. The van der Waals surface area contributed by atoms with E-state index in [0.29, 0.717) is 17.5 Å². The maximum Gasteiger partial charge on any atom is 0.433 e. The summed E-state index contributed by atoms with van der Waals surface area (Å²) in [5.41, 5.74) is -1.29. The van der Waals surface area contributed by atoms with E-state index in [2.05, 4.69) is 20.9 Å². The first-order valence-electron chi connectivity index (χ1n) is 11.9. The summed E-state index contributed by atoms with van der Waals surface area (Å²) in [6, 6.07) is 7.58. The van der Waals surface area contributed by atoms with Gasteiger partial charge in [-0.3, -0.25) is 9.59 Å². The Kier molecular flexibility index (Phi) is 6.73. The molecule has 0 spiro atoms. The molecule has 0 saturated heterocycles. The number of carbonyl (C=O) groups is 2. The Morgan fingerprint density at radius 2 is 1.68 bits per heavy atom. The third-order valence-electron chi connectivity index (χ3n) is 6.85. The van der Waals surface area contributed by atoms with E-state index >= 15 is 0 Å². The molecule has 3 N–H and O–H groups in total. The normalized spacial score (nSPS) is 21.6. The van der Waals surface area contributed by atoms with Crippen LogP contribution in [-0.2, 0) is 15.8 Å². The van der Waals surface area contributed by atoms with Gasteiger partial charge in [0.05, 0.1) is 5.52 Å². The van der Waals surface area contributed by atoms with Crippen LogP contribution < -0.4 is 16.0 Å². The summed E-state index contributed by atoms with van der Waals surface area (Å²) in [6.07, 6.45) is 1.19. The maximum atomic E-state index is 13.4. The lowest BCUT2D eigenvalue weighted by Gasteiger charge is -2.35. The number of carbonyl (C=O) groups excluding carboxylic acids is 2. The number of aromatic nitrogens is 1. The van der Waals surface area contributed by atoms with Crippen molar-refractivity contribution in [1.29, 1.82) is 0 Å². The van der Waals surface area contributed by atoms with E-state index in [0.717, 1.165) is 44.6 Å². The van der Waals surface area contributed by atoms with Crippen molar-refractivity contribution in [3.8, 4) is 0 Å². The first kappa shape index (κ1) is 24.3. The van der Waals surface area contributed by atoms with Crippen LogP contribution in [0.1, 0.15) is 64.5 Å². The molecule has 2 fully saturated rings. The van der Waals surface area contributed by atoms with Gasteiger partial charge in [-0.25, -0.2) is 4.98 Å². The van der Waals surface area contributed by atoms with Gasteiger partial charge in [-0.05, 0) is 64.5 Å². The summed E-state index contributed by atoms with van der Waals surface area (Å²) in [5.74, 6) is -0.341. The Morgan fingerprint density at radius 1 is 1.00 bits per heavy atom. The van der Waals surface area contributed by atoms with Gasteiger partial charge in [0.15, 0.2) is 0 Å². The molecule has 2 amide bonds. The molecule has 0 bridgehead atoms. The second kappa shape index (κ2) is 9.43. The van der Waals surface area contributed by atoms with E-state index in [1.165, 1.54) is 0 Å². The quantitative estimate of drug-likeness (QED) is 0.560. The van der Waals surface area contributed by atoms with Crippen LogP contribution in [0.25, 0.3) is 10.9 Å². The van der Waals surface area contributed by atoms with Gasteiger partial charge in [0.2, 0.25) is 11.8 Å². The number of anilines is 1. The van der Waals surface area contributed by atoms with Gasteiger partial charge in [0, 0.05) is 29.1 Å². The number of fused-ring (bicyclic) bond motifs is 1. The Bertz CT molecular complexity index is 1070. The molecule has 2 aromatic rings. The molecule has 2 aliphatic rings. The fraction of sp³-hybridized carbons (Fsp3) is 0.560. The summed E-state index contributed by atoms with van der Waals surface area (Å²) in [7, 11) is 0. The first-order chi connectivity index (χ1) is 16.0. The molecule has 34 heavy (non-hydrogen) atoms. The molecule has 184 valence electrons. The number of rotatable bonds is 6. The topological polar surface area (TPSA) is 83.1 Å². The highest BCUT2D eigenvalue weighted by molar-refractivity contribution is 5.92. The molecule has 1 heterocycles. The van der Waals surface area contributed by atoms with E-state index in [9.17, 15) is 22.8 Å². The van der Waals surface area contributed by atoms with Crippen LogP contribution in [0.15, 0.2) is 30.3 Å². The largest absolute Gasteiger partial charge is 0.433 e. The van der Waals surface area contributed by atoms with Crippen molar-refractivity contribution in [3.63, 3.8) is 0 Å². The molecule has 1 aromatic carbocycles. The number of hydrogen-bond donors (Lipinski definition) is 3. The fourth-order valence-electron chi connectivity index (χ4n) is 4.62. The molecule has 2 aliphatic carbocycles. The van der Waals surface area contributed by atoms with Crippen LogP contribution in [0.2, 0.25) is 0 Å². The third kappa shape index (κ3) is 5.45. The number of halogens is 3. The minimum absolute atomic E-state index is 0.00731. The lowest BCUT2D eigenvalue weighted by atomic mass is 9.84. The van der Waals surface area contributed by atoms with Crippen LogP contribution in [0.4, 0.5) is 18.9 Å². The van der Waals surface area contributed by atoms with Crippen molar-refractivity contribution < 1.29 is 22.8 Å². The smallest absolute Gasteiger partial charge is 0.382 e. The molecular formula is C25H31F3N4O2. The van der Waals surface area contributed by atoms with Gasteiger partial charge in [0.25, 0.3) is 0 Å². The maximum absolute atomic E-state index is 13.4. The minimum Gasteiger partial charge on any atom is -0.382 e. The summed E-state index contributed by atoms with van der Waals surface area (Å²) >= 11 is 0. The molecule has 2 saturated carbocycles. The van der Waals surface area contributed by atoms with Gasteiger partial charge in [-0.1, -0.05) is 24.6 Å². The van der Waals surface area contributed by atoms with Crippen LogP contribution >= 0.6 is 0 Å². The van der Waals surface area contributed by atoms with Crippen LogP contribution in [0.5, 0.6) is 0 Å². The van der Waals surface area contributed by atoms with Crippen LogP contribution in [0.3, 0.4) is 0 Å². The molecule has 0 radical (unpaired) electrons. The van der Waals surface area contributed by atoms with E-state index in [1.54, 1.807) is 38.1 Å². The Labute approximate surface area is 197 Å². The Balaban J connectivity index is 1.43. The summed E-state index contributed by atoms with van der Waals surface area (Å²) < 4.78 is 40.2. The van der Waals surface area contributed by atoms with Gasteiger partial charge in [-0.2, -0.15) is 13.2 Å². The van der Waals surface area contributed by atoms with Crippen molar-refractivity contribution in [1.82, 2.24) is 15.6 Å². The number of benzene rings is 1. The number of pyridine rings is 1. The van der Waals surface area contributed by atoms with Crippen molar-refractivity contribution in [2.45, 2.75) is 82.6 Å². The molecule has 4 rings (SSSR count). The molecule has 1 aromatic heterocycles. The van der Waals surface area contributed by atoms with Crippen molar-refractivity contribution in [3.05, 3.63) is 36.0 Å². The van der Waals surface area contributed by atoms with Crippen molar-refractivity contribution >= 4 is 28.4 Å². The molecule has 2 atom stereocenters. The highest BCUT2D eigenvalue weighted by Gasteiger charge is 2.36. The van der Waals surface area contributed by atoms with E-state index < -0.39 is 17.4 Å². The second-order valence-corrected chi connectivity index (χ2v) is 9.99. The van der Waals surface area contributed by atoms with Gasteiger partial charge < -0.3 is 16.0 Å². The average molecular weight is 477 g/mol. The molecule has 0 aliphatic heterocycles. The number of amides is 2. The summed E-state index contributed by atoms with van der Waals surface area (Å²) in [6.45, 7) is 3.39. The minimum atomic E-state index is -4.54. The zero-order chi connectivity index (χ0) is 24.5. The monoisotopic (exact) mass is 476 g/mol. The van der Waals surface area contributed by atoms with Crippen LogP contribution in [-0.4, -0.2) is 34.4 Å². The van der Waals surface area contributed by atoms with Crippen molar-refractivity contribution in [2.75, 3.05) is 5.32 Å². The standard InChI is InChI=1S/C25H31F3N4O2/c1-24(2,32-22(33)15-7-5-8-15)23(34)30-17-10-6-9-16(13-17)29-20-14-21(25(26,27)28)31-19-12-4-3-11-18(19)20/h3-4,11-12,14-17H,5-10,13H2,1-2H3,(H,29,31)(H,30,34)(H,32,33)/t16-,17+/m0/s1. The average Bonchev–Trinajstić information content (AvgIpc) is 2.71. The third-order valence-corrected chi connectivity index (χ3v) is 6.85. The zero-order valence-corrected chi connectivity index (χ0v) is 19.5. The van der Waals surface area contributed by atoms with Crippen LogP contribution in [0, 0.1) is 5.92 Å². The first-order valence-corrected chi connectivity index (χ1v) is 11.9. The predicted molar refractivity (Wildman–Crippen MR) is 124 cm³/mol. The van der Waals surface area contributed by atoms with Gasteiger partial charge in [0.1, 0.15) is 11.2 Å².